The second-order valence-electron chi connectivity index (χ2n) is 9.15. The van der Waals surface area contributed by atoms with Gasteiger partial charge in [-0.1, -0.05) is 40.0 Å². The molecular weight excluding hydrogens is 316 g/mol. The van der Waals surface area contributed by atoms with Crippen molar-refractivity contribution < 1.29 is 14.3 Å². The molecule has 0 bridgehead atoms. The summed E-state index contributed by atoms with van der Waals surface area (Å²) in [4.78, 5) is 27.7. The number of fused-ring (bicyclic) bond motifs is 1. The minimum absolute atomic E-state index is 0.103. The van der Waals surface area contributed by atoms with E-state index in [4.69, 9.17) is 4.74 Å². The average molecular weight is 351 g/mol. The zero-order valence-corrected chi connectivity index (χ0v) is 16.2. The van der Waals surface area contributed by atoms with E-state index in [1.54, 1.807) is 0 Å². The fraction of sp³-hybridized carbons (Fsp3) is 0.900. The van der Waals surface area contributed by atoms with E-state index in [1.165, 1.54) is 12.8 Å². The average Bonchev–Trinajstić information content (AvgIpc) is 3.18. The summed E-state index contributed by atoms with van der Waals surface area (Å²) in [6, 6.07) is -0.461. The Morgan fingerprint density at radius 2 is 1.68 bits per heavy atom. The van der Waals surface area contributed by atoms with Crippen LogP contribution in [0.1, 0.15) is 66.2 Å². The van der Waals surface area contributed by atoms with E-state index in [-0.39, 0.29) is 23.3 Å². The third-order valence-corrected chi connectivity index (χ3v) is 6.72. The number of hydrogen-bond acceptors (Lipinski definition) is 3. The lowest BCUT2D eigenvalue weighted by molar-refractivity contribution is -0.136. The summed E-state index contributed by atoms with van der Waals surface area (Å²) >= 11 is 0. The molecule has 0 aromatic rings. The van der Waals surface area contributed by atoms with Crippen LogP contribution in [0.3, 0.4) is 0 Å². The maximum atomic E-state index is 13.2. The predicted octanol–water partition coefficient (Wildman–Crippen LogP) is 3.57. The smallest absolute Gasteiger partial charge is 0.408 e. The highest BCUT2D eigenvalue weighted by Crippen LogP contribution is 2.46. The molecule has 0 aromatic carbocycles. The SMILES string of the molecule is CC(C)C(C)OC(=O)NC(C(=O)N1C[C@H]2C[C@H]2C1)C1(C)CCCCC1. The van der Waals surface area contributed by atoms with Crippen LogP contribution in [0.15, 0.2) is 0 Å². The molecule has 2 unspecified atom stereocenters. The van der Waals surface area contributed by atoms with Crippen LogP contribution in [-0.4, -0.2) is 42.1 Å². The van der Waals surface area contributed by atoms with E-state index in [2.05, 4.69) is 12.2 Å². The monoisotopic (exact) mass is 350 g/mol. The number of nitrogens with zero attached hydrogens (tertiary/aromatic N) is 1. The van der Waals surface area contributed by atoms with Crippen LogP contribution in [0, 0.1) is 23.2 Å². The van der Waals surface area contributed by atoms with Gasteiger partial charge < -0.3 is 15.0 Å². The Bertz CT molecular complexity index is 503. The number of rotatable bonds is 5. The summed E-state index contributed by atoms with van der Waals surface area (Å²) in [5.41, 5.74) is -0.164. The Kier molecular flexibility index (Phi) is 5.31. The van der Waals surface area contributed by atoms with E-state index in [1.807, 2.05) is 25.7 Å². The van der Waals surface area contributed by atoms with Crippen LogP contribution in [0.2, 0.25) is 0 Å². The summed E-state index contributed by atoms with van der Waals surface area (Å²) in [5.74, 6) is 1.77. The van der Waals surface area contributed by atoms with Crippen LogP contribution in [0.25, 0.3) is 0 Å². The van der Waals surface area contributed by atoms with Gasteiger partial charge in [0.15, 0.2) is 0 Å². The molecule has 4 atom stereocenters. The van der Waals surface area contributed by atoms with E-state index >= 15 is 0 Å². The zero-order valence-electron chi connectivity index (χ0n) is 16.2. The Morgan fingerprint density at radius 3 is 2.24 bits per heavy atom. The number of ether oxygens (including phenoxy) is 1. The number of likely N-dealkylation sites (tertiary alicyclic amines) is 1. The molecule has 3 fully saturated rings. The molecule has 3 aliphatic rings. The molecule has 5 heteroatoms. The van der Waals surface area contributed by atoms with Gasteiger partial charge in [-0.2, -0.15) is 0 Å². The van der Waals surface area contributed by atoms with E-state index in [9.17, 15) is 9.59 Å². The van der Waals surface area contributed by atoms with Crippen molar-refractivity contribution in [1.29, 1.82) is 0 Å². The van der Waals surface area contributed by atoms with Gasteiger partial charge in [-0.25, -0.2) is 4.79 Å². The maximum absolute atomic E-state index is 13.2. The van der Waals surface area contributed by atoms with Crippen molar-refractivity contribution in [3.8, 4) is 0 Å². The molecule has 25 heavy (non-hydrogen) atoms. The highest BCUT2D eigenvalue weighted by atomic mass is 16.6. The molecule has 2 aliphatic carbocycles. The summed E-state index contributed by atoms with van der Waals surface area (Å²) in [5, 5.41) is 2.97. The van der Waals surface area contributed by atoms with Gasteiger partial charge in [-0.3, -0.25) is 4.79 Å². The van der Waals surface area contributed by atoms with Gasteiger partial charge in [0.25, 0.3) is 0 Å². The van der Waals surface area contributed by atoms with E-state index in [0.717, 1.165) is 38.8 Å². The molecule has 0 aromatic heterocycles. The molecule has 142 valence electrons. The first-order valence-corrected chi connectivity index (χ1v) is 10.1. The lowest BCUT2D eigenvalue weighted by Gasteiger charge is -2.41. The molecular formula is C20H34N2O3. The van der Waals surface area contributed by atoms with Crippen LogP contribution < -0.4 is 5.32 Å². The zero-order chi connectivity index (χ0) is 18.2. The van der Waals surface area contributed by atoms with E-state index in [0.29, 0.717) is 11.8 Å². The van der Waals surface area contributed by atoms with Gasteiger partial charge in [0.05, 0.1) is 0 Å². The van der Waals surface area contributed by atoms with Crippen LogP contribution in [0.4, 0.5) is 4.79 Å². The number of nitrogens with one attached hydrogen (secondary N) is 1. The fourth-order valence-corrected chi connectivity index (χ4v) is 4.40. The van der Waals surface area contributed by atoms with Crippen molar-refractivity contribution in [1.82, 2.24) is 10.2 Å². The molecule has 1 saturated heterocycles. The first-order valence-electron chi connectivity index (χ1n) is 10.1. The van der Waals surface area contributed by atoms with Gasteiger partial charge in [-0.05, 0) is 49.4 Å². The quantitative estimate of drug-likeness (QED) is 0.824. The summed E-state index contributed by atoms with van der Waals surface area (Å²) < 4.78 is 5.50. The van der Waals surface area contributed by atoms with Gasteiger partial charge in [0.2, 0.25) is 5.91 Å². The highest BCUT2D eigenvalue weighted by molar-refractivity contribution is 5.87. The Morgan fingerprint density at radius 1 is 1.08 bits per heavy atom. The Labute approximate surface area is 151 Å². The highest BCUT2D eigenvalue weighted by Gasteiger charge is 2.50. The van der Waals surface area contributed by atoms with Crippen LogP contribution in [0.5, 0.6) is 0 Å². The minimum atomic E-state index is -0.461. The standard InChI is InChI=1S/C20H34N2O3/c1-13(2)14(3)25-19(24)21-17(20(4)8-6-5-7-9-20)18(23)22-11-15-10-16(15)12-22/h13-17H,5-12H2,1-4H3,(H,21,24)/t14?,15-,16+,17?. The molecule has 1 heterocycles. The van der Waals surface area contributed by atoms with Crippen LogP contribution >= 0.6 is 0 Å². The molecule has 0 radical (unpaired) electrons. The third kappa shape index (κ3) is 4.12. The van der Waals surface area contributed by atoms with Gasteiger partial charge in [-0.15, -0.1) is 0 Å². The van der Waals surface area contributed by atoms with Crippen molar-refractivity contribution >= 4 is 12.0 Å². The topological polar surface area (TPSA) is 58.6 Å². The summed E-state index contributed by atoms with van der Waals surface area (Å²) in [7, 11) is 0. The predicted molar refractivity (Wildman–Crippen MR) is 97.1 cm³/mol. The number of piperidine rings is 1. The summed E-state index contributed by atoms with van der Waals surface area (Å²) in [6.07, 6.45) is 6.13. The largest absolute Gasteiger partial charge is 0.446 e. The van der Waals surface area contributed by atoms with Gasteiger partial charge >= 0.3 is 6.09 Å². The summed E-state index contributed by atoms with van der Waals surface area (Å²) in [6.45, 7) is 9.86. The van der Waals surface area contributed by atoms with Gasteiger partial charge in [0, 0.05) is 13.1 Å². The Hall–Kier alpha value is -1.26. The maximum Gasteiger partial charge on any atom is 0.408 e. The van der Waals surface area contributed by atoms with Crippen LogP contribution in [-0.2, 0) is 9.53 Å². The Balaban J connectivity index is 1.69. The molecule has 5 nitrogen and oxygen atoms in total. The van der Waals surface area contributed by atoms with E-state index < -0.39 is 12.1 Å². The van der Waals surface area contributed by atoms with Crippen molar-refractivity contribution in [3.63, 3.8) is 0 Å². The van der Waals surface area contributed by atoms with Crippen molar-refractivity contribution in [2.45, 2.75) is 78.4 Å². The normalized spacial score (nSPS) is 29.7. The number of alkyl carbamates (subject to hydrolysis) is 1. The van der Waals surface area contributed by atoms with Gasteiger partial charge in [0.1, 0.15) is 12.1 Å². The molecule has 3 rings (SSSR count). The first kappa shape index (κ1) is 18.5. The van der Waals surface area contributed by atoms with Crippen molar-refractivity contribution in [3.05, 3.63) is 0 Å². The number of carbonyl (C=O) groups excluding carboxylic acids is 2. The second-order valence-corrected chi connectivity index (χ2v) is 9.15. The number of hydrogen-bond donors (Lipinski definition) is 1. The lowest BCUT2D eigenvalue weighted by atomic mass is 9.70. The van der Waals surface area contributed by atoms with Crippen molar-refractivity contribution in [2.24, 2.45) is 23.2 Å². The molecule has 2 saturated carbocycles. The lowest BCUT2D eigenvalue weighted by Crippen LogP contribution is -2.57. The second kappa shape index (κ2) is 7.16. The fourth-order valence-electron chi connectivity index (χ4n) is 4.40. The van der Waals surface area contributed by atoms with Crippen molar-refractivity contribution in [2.75, 3.05) is 13.1 Å². The minimum Gasteiger partial charge on any atom is -0.446 e. The number of amides is 2. The third-order valence-electron chi connectivity index (χ3n) is 6.72. The molecule has 2 amide bonds. The molecule has 0 spiro atoms. The number of carbonyl (C=O) groups is 2. The first-order chi connectivity index (χ1) is 11.8. The molecule has 1 aliphatic heterocycles. The molecule has 1 N–H and O–H groups in total.